The number of anilines is 3. The van der Waals surface area contributed by atoms with Crippen LogP contribution in [-0.2, 0) is 21.2 Å². The Hall–Kier alpha value is -4.46. The summed E-state index contributed by atoms with van der Waals surface area (Å²) in [6.45, 7) is 6.52. The van der Waals surface area contributed by atoms with E-state index in [1.165, 1.54) is 11.1 Å². The number of sulfonamides is 1. The Morgan fingerprint density at radius 1 is 1.00 bits per heavy atom. The van der Waals surface area contributed by atoms with Crippen molar-refractivity contribution in [2.75, 3.05) is 48.3 Å². The molecule has 3 rings (SSSR count). The summed E-state index contributed by atoms with van der Waals surface area (Å²) in [7, 11) is -1.08. The molecule has 2 aromatic carbocycles. The van der Waals surface area contributed by atoms with Gasteiger partial charge in [-0.15, -0.1) is 0 Å². The second kappa shape index (κ2) is 13.9. The predicted molar refractivity (Wildman–Crippen MR) is 157 cm³/mol. The Kier molecular flexibility index (Phi) is 10.6. The Bertz CT molecular complexity index is 1480. The number of aliphatic carboxylic acids is 1. The van der Waals surface area contributed by atoms with E-state index in [1.54, 1.807) is 45.3 Å². The molecule has 0 aliphatic rings. The van der Waals surface area contributed by atoms with Crippen molar-refractivity contribution < 1.29 is 32.2 Å². The standard InChI is InChI=1S/C28H35FN6O6S/c1-6-34(7-2)27-30-18-24(35(8-3)42(39,40)22-15-11-20(29)12-16-22)25(32-27)31-23(26(36)37)17-19-9-13-21(14-10-19)41-28(38)33(4)5/h9-16,18,23H,6-8,17H2,1-5H3,(H,36,37)(H,30,31,32)/t23-/m0/s1. The van der Waals surface area contributed by atoms with Crippen LogP contribution in [0.2, 0.25) is 0 Å². The van der Waals surface area contributed by atoms with Crippen LogP contribution in [0, 0.1) is 5.82 Å². The number of benzene rings is 2. The maximum absolute atomic E-state index is 13.6. The first-order valence-corrected chi connectivity index (χ1v) is 14.7. The monoisotopic (exact) mass is 602 g/mol. The average Bonchev–Trinajstić information content (AvgIpc) is 2.95. The second-order valence-corrected chi connectivity index (χ2v) is 11.2. The molecule has 226 valence electrons. The van der Waals surface area contributed by atoms with Crippen molar-refractivity contribution in [3.8, 4) is 5.75 Å². The number of rotatable bonds is 13. The molecule has 0 fully saturated rings. The Morgan fingerprint density at radius 3 is 2.14 bits per heavy atom. The van der Waals surface area contributed by atoms with E-state index in [0.717, 1.165) is 28.6 Å². The molecule has 42 heavy (non-hydrogen) atoms. The van der Waals surface area contributed by atoms with E-state index in [2.05, 4.69) is 15.3 Å². The first-order chi connectivity index (χ1) is 19.9. The molecule has 0 aliphatic heterocycles. The number of amides is 1. The van der Waals surface area contributed by atoms with Crippen LogP contribution in [0.25, 0.3) is 0 Å². The van der Waals surface area contributed by atoms with Crippen LogP contribution in [0.3, 0.4) is 0 Å². The number of nitrogens with zero attached hydrogens (tertiary/aromatic N) is 5. The summed E-state index contributed by atoms with van der Waals surface area (Å²) in [6.07, 6.45) is 0.780. The minimum atomic E-state index is -4.18. The molecule has 0 aliphatic carbocycles. The highest BCUT2D eigenvalue weighted by Gasteiger charge is 2.29. The van der Waals surface area contributed by atoms with Gasteiger partial charge < -0.3 is 25.0 Å². The van der Waals surface area contributed by atoms with Crippen molar-refractivity contribution in [3.63, 3.8) is 0 Å². The van der Waals surface area contributed by atoms with Crippen molar-refractivity contribution >= 4 is 39.5 Å². The van der Waals surface area contributed by atoms with Crippen molar-refractivity contribution in [2.24, 2.45) is 0 Å². The normalized spacial score (nSPS) is 11.9. The van der Waals surface area contributed by atoms with Crippen molar-refractivity contribution in [1.29, 1.82) is 0 Å². The van der Waals surface area contributed by atoms with Crippen molar-refractivity contribution in [1.82, 2.24) is 14.9 Å². The van der Waals surface area contributed by atoms with E-state index in [0.29, 0.717) is 24.4 Å². The molecule has 0 saturated heterocycles. The van der Waals surface area contributed by atoms with Gasteiger partial charge in [0, 0.05) is 40.2 Å². The third-order valence-corrected chi connectivity index (χ3v) is 8.21. The minimum absolute atomic E-state index is 0.00186. The lowest BCUT2D eigenvalue weighted by Gasteiger charge is -2.27. The molecule has 1 atom stereocenters. The van der Waals surface area contributed by atoms with Crippen LogP contribution >= 0.6 is 0 Å². The zero-order valence-corrected chi connectivity index (χ0v) is 24.9. The highest BCUT2D eigenvalue weighted by atomic mass is 32.2. The molecule has 1 aromatic heterocycles. The SMILES string of the molecule is CCN(CC)c1ncc(N(CC)S(=O)(=O)c2ccc(F)cc2)c(N[C@@H](Cc2ccc(OC(=O)N(C)C)cc2)C(=O)O)n1. The van der Waals surface area contributed by atoms with Crippen molar-refractivity contribution in [3.05, 3.63) is 66.1 Å². The molecule has 1 heterocycles. The molecule has 0 saturated carbocycles. The van der Waals surface area contributed by atoms with Gasteiger partial charge in [0.2, 0.25) is 5.95 Å². The summed E-state index contributed by atoms with van der Waals surface area (Å²) in [4.78, 5) is 36.1. The number of aromatic nitrogens is 2. The van der Waals surface area contributed by atoms with Gasteiger partial charge in [0.1, 0.15) is 23.3 Å². The third-order valence-electron chi connectivity index (χ3n) is 6.30. The van der Waals surface area contributed by atoms with Gasteiger partial charge in [-0.05, 0) is 62.7 Å². The number of carboxylic acid groups (broad SMARTS) is 1. The molecule has 0 spiro atoms. The largest absolute Gasteiger partial charge is 0.480 e. The van der Waals surface area contributed by atoms with E-state index in [1.807, 2.05) is 18.7 Å². The van der Waals surface area contributed by atoms with Crippen LogP contribution in [0.5, 0.6) is 5.75 Å². The molecule has 1 amide bonds. The summed E-state index contributed by atoms with van der Waals surface area (Å²) >= 11 is 0. The zero-order valence-electron chi connectivity index (χ0n) is 24.1. The van der Waals surface area contributed by atoms with Gasteiger partial charge in [-0.1, -0.05) is 12.1 Å². The van der Waals surface area contributed by atoms with Crippen LogP contribution in [0.1, 0.15) is 26.3 Å². The second-order valence-electron chi connectivity index (χ2n) is 9.35. The van der Waals surface area contributed by atoms with Gasteiger partial charge >= 0.3 is 12.1 Å². The Labute approximate surface area is 244 Å². The summed E-state index contributed by atoms with van der Waals surface area (Å²) in [5, 5.41) is 13.0. The van der Waals surface area contributed by atoms with Gasteiger partial charge in [-0.25, -0.2) is 27.4 Å². The first-order valence-electron chi connectivity index (χ1n) is 13.3. The van der Waals surface area contributed by atoms with E-state index in [4.69, 9.17) is 4.74 Å². The number of hydrogen-bond donors (Lipinski definition) is 2. The molecule has 14 heteroatoms. The van der Waals surface area contributed by atoms with Crippen LogP contribution in [0.4, 0.5) is 26.6 Å². The molecule has 0 unspecified atom stereocenters. The molecular formula is C28H35FN6O6S. The molecule has 0 radical (unpaired) electrons. The van der Waals surface area contributed by atoms with Crippen LogP contribution in [-0.4, -0.2) is 80.2 Å². The predicted octanol–water partition coefficient (Wildman–Crippen LogP) is 3.85. The molecule has 3 aromatic rings. The van der Waals surface area contributed by atoms with E-state index >= 15 is 0 Å². The smallest absolute Gasteiger partial charge is 0.414 e. The van der Waals surface area contributed by atoms with Crippen LogP contribution < -0.4 is 19.3 Å². The molecular weight excluding hydrogens is 567 g/mol. The van der Waals surface area contributed by atoms with E-state index in [-0.39, 0.29) is 35.3 Å². The van der Waals surface area contributed by atoms with E-state index < -0.39 is 33.9 Å². The lowest BCUT2D eigenvalue weighted by Crippen LogP contribution is -2.36. The quantitative estimate of drug-likeness (QED) is 0.296. The fourth-order valence-electron chi connectivity index (χ4n) is 4.00. The summed E-state index contributed by atoms with van der Waals surface area (Å²) in [5.74, 6) is -1.19. The molecule has 12 nitrogen and oxygen atoms in total. The molecule has 2 N–H and O–H groups in total. The van der Waals surface area contributed by atoms with Gasteiger partial charge in [0.25, 0.3) is 10.0 Å². The number of carboxylic acids is 1. The highest BCUT2D eigenvalue weighted by Crippen LogP contribution is 2.31. The van der Waals surface area contributed by atoms with Gasteiger partial charge in [-0.2, -0.15) is 4.98 Å². The Morgan fingerprint density at radius 2 is 1.62 bits per heavy atom. The summed E-state index contributed by atoms with van der Waals surface area (Å²) < 4.78 is 46.9. The number of hydrogen-bond acceptors (Lipinski definition) is 9. The maximum atomic E-state index is 13.6. The first kappa shape index (κ1) is 32.1. The van der Waals surface area contributed by atoms with Crippen molar-refractivity contribution in [2.45, 2.75) is 38.1 Å². The third kappa shape index (κ3) is 7.63. The fourth-order valence-corrected chi connectivity index (χ4v) is 5.47. The lowest BCUT2D eigenvalue weighted by atomic mass is 10.1. The van der Waals surface area contributed by atoms with Gasteiger partial charge in [0.05, 0.1) is 11.1 Å². The molecule has 0 bridgehead atoms. The number of carbonyl (C=O) groups is 2. The fraction of sp³-hybridized carbons (Fsp3) is 0.357. The number of ether oxygens (including phenoxy) is 1. The number of nitrogens with one attached hydrogen (secondary N) is 1. The van der Waals surface area contributed by atoms with Gasteiger partial charge in [-0.3, -0.25) is 4.31 Å². The van der Waals surface area contributed by atoms with E-state index in [9.17, 15) is 27.5 Å². The van der Waals surface area contributed by atoms with Gasteiger partial charge in [0.15, 0.2) is 5.82 Å². The zero-order chi connectivity index (χ0) is 31.0. The number of halogens is 1. The number of carbonyl (C=O) groups excluding carboxylic acids is 1. The Balaban J connectivity index is 2.00. The maximum Gasteiger partial charge on any atom is 0.414 e. The average molecular weight is 603 g/mol. The topological polar surface area (TPSA) is 145 Å². The minimum Gasteiger partial charge on any atom is -0.480 e. The summed E-state index contributed by atoms with van der Waals surface area (Å²) in [6, 6.07) is 9.57. The highest BCUT2D eigenvalue weighted by molar-refractivity contribution is 7.92. The summed E-state index contributed by atoms with van der Waals surface area (Å²) in [5.41, 5.74) is 0.653. The lowest BCUT2D eigenvalue weighted by molar-refractivity contribution is -0.137. The van der Waals surface area contributed by atoms with Crippen LogP contribution in [0.15, 0.2) is 59.6 Å².